The van der Waals surface area contributed by atoms with Crippen molar-refractivity contribution in [2.24, 2.45) is 0 Å². The van der Waals surface area contributed by atoms with Crippen LogP contribution in [0.2, 0.25) is 0 Å². The Morgan fingerprint density at radius 1 is 1.39 bits per heavy atom. The number of hydrogen-bond acceptors (Lipinski definition) is 6. The van der Waals surface area contributed by atoms with Crippen molar-refractivity contribution >= 4 is 38.7 Å². The normalized spacial score (nSPS) is 11.0. The second-order valence-electron chi connectivity index (χ2n) is 5.62. The van der Waals surface area contributed by atoms with Crippen molar-refractivity contribution in [1.29, 1.82) is 5.26 Å². The monoisotopic (exact) mass is 378 g/mol. The summed E-state index contributed by atoms with van der Waals surface area (Å²) in [5, 5.41) is 12.3. The largest absolute Gasteiger partial charge is 0.495 e. The van der Waals surface area contributed by atoms with E-state index in [-0.39, 0.29) is 11.6 Å². The third-order valence-corrected chi connectivity index (χ3v) is 3.36. The molecule has 0 spiro atoms. The number of amides is 1. The maximum atomic E-state index is 12.0. The van der Waals surface area contributed by atoms with Crippen molar-refractivity contribution in [1.82, 2.24) is 9.97 Å². The summed E-state index contributed by atoms with van der Waals surface area (Å²) in [4.78, 5) is 20.2. The number of benzene rings is 1. The summed E-state index contributed by atoms with van der Waals surface area (Å²) in [6, 6.07) is 3.65. The van der Waals surface area contributed by atoms with E-state index in [0.29, 0.717) is 20.9 Å². The van der Waals surface area contributed by atoms with Gasteiger partial charge in [0.25, 0.3) is 0 Å². The van der Waals surface area contributed by atoms with Crippen LogP contribution in [0.3, 0.4) is 0 Å². The molecule has 1 aromatic heterocycles. The molecule has 23 heavy (non-hydrogen) atoms. The number of nitrogens with zero attached hydrogens (tertiary/aromatic N) is 3. The highest BCUT2D eigenvalue weighted by Gasteiger charge is 2.21. The zero-order chi connectivity index (χ0) is 17.2. The van der Waals surface area contributed by atoms with Crippen molar-refractivity contribution < 1.29 is 14.3 Å². The summed E-state index contributed by atoms with van der Waals surface area (Å²) >= 11 is 3.36. The van der Waals surface area contributed by atoms with Crippen LogP contribution >= 0.6 is 15.9 Å². The van der Waals surface area contributed by atoms with Gasteiger partial charge in [0.2, 0.25) is 0 Å². The van der Waals surface area contributed by atoms with Crippen LogP contribution in [0, 0.1) is 11.3 Å². The van der Waals surface area contributed by atoms with E-state index in [1.807, 2.05) is 6.07 Å². The fourth-order valence-electron chi connectivity index (χ4n) is 1.97. The van der Waals surface area contributed by atoms with Gasteiger partial charge in [-0.3, -0.25) is 5.32 Å². The molecule has 120 valence electrons. The van der Waals surface area contributed by atoms with Crippen molar-refractivity contribution in [3.05, 3.63) is 22.4 Å². The minimum absolute atomic E-state index is 0.207. The number of nitrogens with one attached hydrogen (secondary N) is 1. The molecule has 1 amide bonds. The highest BCUT2D eigenvalue weighted by atomic mass is 79.9. The molecule has 1 N–H and O–H groups in total. The number of methoxy groups -OCH3 is 1. The molecule has 0 radical (unpaired) electrons. The standard InChI is InChI=1S/C15H15BrN4O3/c1-15(2,3)23-14(21)20-13-10-11(18-7-19-13)9(16)5-8(6-17)12(10)22-4/h5,7H,1-4H3,(H,18,19,20,21). The highest BCUT2D eigenvalue weighted by Crippen LogP contribution is 2.37. The number of carbonyl (C=O) groups is 1. The third-order valence-electron chi connectivity index (χ3n) is 2.76. The zero-order valence-corrected chi connectivity index (χ0v) is 14.7. The van der Waals surface area contributed by atoms with Gasteiger partial charge in [-0.15, -0.1) is 0 Å². The Kier molecular flexibility index (Phi) is 4.71. The third kappa shape index (κ3) is 3.68. The summed E-state index contributed by atoms with van der Waals surface area (Å²) in [6.07, 6.45) is 0.656. The van der Waals surface area contributed by atoms with Crippen molar-refractivity contribution in [2.45, 2.75) is 26.4 Å². The molecule has 0 aliphatic rings. The Balaban J connectivity index is 2.59. The summed E-state index contributed by atoms with van der Waals surface area (Å²) in [5.74, 6) is 0.497. The van der Waals surface area contributed by atoms with Gasteiger partial charge in [0.15, 0.2) is 0 Å². The molecule has 2 aromatic rings. The first-order chi connectivity index (χ1) is 10.8. The van der Waals surface area contributed by atoms with Gasteiger partial charge < -0.3 is 9.47 Å². The number of rotatable bonds is 2. The smallest absolute Gasteiger partial charge is 0.413 e. The predicted octanol–water partition coefficient (Wildman–Crippen LogP) is 3.62. The van der Waals surface area contributed by atoms with Crippen LogP contribution in [0.15, 0.2) is 16.9 Å². The maximum Gasteiger partial charge on any atom is 0.413 e. The van der Waals surface area contributed by atoms with Crippen LogP contribution < -0.4 is 10.1 Å². The lowest BCUT2D eigenvalue weighted by atomic mass is 10.1. The van der Waals surface area contributed by atoms with E-state index in [9.17, 15) is 10.1 Å². The lowest BCUT2D eigenvalue weighted by Crippen LogP contribution is -2.27. The van der Waals surface area contributed by atoms with Crippen LogP contribution in [-0.2, 0) is 4.74 Å². The molecule has 0 aliphatic heterocycles. The minimum atomic E-state index is -0.655. The predicted molar refractivity (Wildman–Crippen MR) is 88.4 cm³/mol. The Morgan fingerprint density at radius 2 is 2.09 bits per heavy atom. The van der Waals surface area contributed by atoms with E-state index in [0.717, 1.165) is 0 Å². The van der Waals surface area contributed by atoms with Crippen LogP contribution in [0.25, 0.3) is 10.9 Å². The van der Waals surface area contributed by atoms with Gasteiger partial charge in [-0.05, 0) is 42.8 Å². The van der Waals surface area contributed by atoms with Crippen LogP contribution in [0.4, 0.5) is 10.6 Å². The van der Waals surface area contributed by atoms with E-state index < -0.39 is 11.7 Å². The molecule has 0 fully saturated rings. The number of ether oxygens (including phenoxy) is 2. The van der Waals surface area contributed by atoms with Gasteiger partial charge in [-0.25, -0.2) is 14.8 Å². The highest BCUT2D eigenvalue weighted by molar-refractivity contribution is 9.10. The Bertz CT molecular complexity index is 809. The van der Waals surface area contributed by atoms with E-state index in [1.54, 1.807) is 26.8 Å². The summed E-state index contributed by atoms with van der Waals surface area (Å²) < 4.78 is 11.1. The minimum Gasteiger partial charge on any atom is -0.495 e. The Hall–Kier alpha value is -2.40. The molecule has 1 heterocycles. The lowest BCUT2D eigenvalue weighted by molar-refractivity contribution is 0.0635. The van der Waals surface area contributed by atoms with E-state index in [2.05, 4.69) is 31.2 Å². The SMILES string of the molecule is COc1c(C#N)cc(Br)c2ncnc(NC(=O)OC(C)(C)C)c12. The molecule has 1 aromatic carbocycles. The number of nitriles is 1. The number of aromatic nitrogens is 2. The van der Waals surface area contributed by atoms with Crippen LogP contribution in [0.5, 0.6) is 5.75 Å². The molecule has 0 saturated carbocycles. The Morgan fingerprint density at radius 3 is 2.65 bits per heavy atom. The van der Waals surface area contributed by atoms with Gasteiger partial charge in [0, 0.05) is 4.47 Å². The first kappa shape index (κ1) is 17.0. The molecule has 0 unspecified atom stereocenters. The van der Waals surface area contributed by atoms with Crippen LogP contribution in [0.1, 0.15) is 26.3 Å². The van der Waals surface area contributed by atoms with E-state index in [1.165, 1.54) is 13.4 Å². The average Bonchev–Trinajstić information content (AvgIpc) is 2.45. The average molecular weight is 379 g/mol. The molecule has 0 atom stereocenters. The molecule has 0 saturated heterocycles. The fourth-order valence-corrected chi connectivity index (χ4v) is 2.50. The van der Waals surface area contributed by atoms with Crippen molar-refractivity contribution in [2.75, 3.05) is 12.4 Å². The summed E-state index contributed by atoms with van der Waals surface area (Å²) in [5.41, 5.74) is 0.172. The van der Waals surface area contributed by atoms with Crippen molar-refractivity contribution in [3.63, 3.8) is 0 Å². The second-order valence-corrected chi connectivity index (χ2v) is 6.48. The number of halogens is 1. The first-order valence-electron chi connectivity index (χ1n) is 6.68. The van der Waals surface area contributed by atoms with Gasteiger partial charge in [0.05, 0.1) is 23.6 Å². The topological polar surface area (TPSA) is 97.1 Å². The van der Waals surface area contributed by atoms with Gasteiger partial charge in [0.1, 0.15) is 29.6 Å². The Labute approximate surface area is 141 Å². The molecule has 8 heteroatoms. The molecule has 7 nitrogen and oxygen atoms in total. The van der Waals surface area contributed by atoms with Gasteiger partial charge in [-0.1, -0.05) is 0 Å². The zero-order valence-electron chi connectivity index (χ0n) is 13.1. The molecule has 0 bridgehead atoms. The van der Waals surface area contributed by atoms with E-state index in [4.69, 9.17) is 9.47 Å². The quantitative estimate of drug-likeness (QED) is 0.856. The lowest BCUT2D eigenvalue weighted by Gasteiger charge is -2.20. The molecule has 0 aliphatic carbocycles. The number of anilines is 1. The second kappa shape index (κ2) is 6.38. The summed E-state index contributed by atoms with van der Waals surface area (Å²) in [7, 11) is 1.44. The fraction of sp³-hybridized carbons (Fsp3) is 0.333. The molecular weight excluding hydrogens is 364 g/mol. The molecular formula is C15H15BrN4O3. The van der Waals surface area contributed by atoms with Crippen LogP contribution in [-0.4, -0.2) is 28.8 Å². The van der Waals surface area contributed by atoms with Gasteiger partial charge in [-0.2, -0.15) is 5.26 Å². The number of hydrogen-bond donors (Lipinski definition) is 1. The van der Waals surface area contributed by atoms with Crippen molar-refractivity contribution in [3.8, 4) is 11.8 Å². The number of fused-ring (bicyclic) bond motifs is 1. The summed E-state index contributed by atoms with van der Waals surface area (Å²) in [6.45, 7) is 5.28. The number of carbonyl (C=O) groups excluding carboxylic acids is 1. The van der Waals surface area contributed by atoms with E-state index >= 15 is 0 Å². The first-order valence-corrected chi connectivity index (χ1v) is 7.47. The maximum absolute atomic E-state index is 12.0. The molecule has 2 rings (SSSR count). The van der Waals surface area contributed by atoms with Gasteiger partial charge >= 0.3 is 6.09 Å².